The van der Waals surface area contributed by atoms with Gasteiger partial charge in [0.2, 0.25) is 6.41 Å². The van der Waals surface area contributed by atoms with Crippen LogP contribution >= 0.6 is 0 Å². The molecular weight excluding hydrogens is 242 g/mol. The van der Waals surface area contributed by atoms with Gasteiger partial charge in [0.05, 0.1) is 6.10 Å². The molecule has 1 aromatic heterocycles. The predicted octanol–water partition coefficient (Wildman–Crippen LogP) is 1.11. The second-order valence-electron chi connectivity index (χ2n) is 4.90. The maximum Gasteiger partial charge on any atom is 0.209 e. The number of anilines is 1. The average Bonchev–Trinajstić information content (AvgIpc) is 2.46. The van der Waals surface area contributed by atoms with Crippen LogP contribution in [-0.2, 0) is 4.79 Å². The van der Waals surface area contributed by atoms with Crippen molar-refractivity contribution in [2.45, 2.75) is 26.4 Å². The lowest BCUT2D eigenvalue weighted by Gasteiger charge is -2.33. The molecular formula is C14H21N3O2. The predicted molar refractivity (Wildman–Crippen MR) is 74.1 cm³/mol. The van der Waals surface area contributed by atoms with Gasteiger partial charge in [-0.25, -0.2) is 4.98 Å². The van der Waals surface area contributed by atoms with Crippen molar-refractivity contribution in [2.24, 2.45) is 0 Å². The van der Waals surface area contributed by atoms with E-state index < -0.39 is 6.10 Å². The highest BCUT2D eigenvalue weighted by Crippen LogP contribution is 2.22. The molecule has 0 saturated carbocycles. The first-order valence-corrected chi connectivity index (χ1v) is 6.75. The molecule has 0 aliphatic carbocycles. The Morgan fingerprint density at radius 2 is 2.05 bits per heavy atom. The van der Waals surface area contributed by atoms with Crippen molar-refractivity contribution in [3.8, 4) is 0 Å². The Balaban J connectivity index is 2.10. The van der Waals surface area contributed by atoms with E-state index in [1.165, 1.54) is 0 Å². The van der Waals surface area contributed by atoms with Crippen LogP contribution < -0.4 is 4.90 Å². The van der Waals surface area contributed by atoms with E-state index in [4.69, 9.17) is 0 Å². The van der Waals surface area contributed by atoms with E-state index in [9.17, 15) is 9.90 Å². The minimum atomic E-state index is -0.437. The number of rotatable bonds is 4. The van der Waals surface area contributed by atoms with Crippen LogP contribution in [0.5, 0.6) is 0 Å². The molecule has 2 heterocycles. The summed E-state index contributed by atoms with van der Waals surface area (Å²) in [5.41, 5.74) is 1.78. The monoisotopic (exact) mass is 263 g/mol. The van der Waals surface area contributed by atoms with Crippen LogP contribution in [0.4, 0.5) is 5.82 Å². The molecule has 1 atom stereocenters. The van der Waals surface area contributed by atoms with Gasteiger partial charge in [-0.1, -0.05) is 13.0 Å². The van der Waals surface area contributed by atoms with Gasteiger partial charge < -0.3 is 14.9 Å². The molecule has 0 radical (unpaired) electrons. The highest BCUT2D eigenvalue weighted by molar-refractivity contribution is 5.49. The molecule has 1 fully saturated rings. The Morgan fingerprint density at radius 3 is 2.58 bits per heavy atom. The third kappa shape index (κ3) is 3.04. The van der Waals surface area contributed by atoms with Gasteiger partial charge in [0, 0.05) is 37.4 Å². The molecule has 0 aromatic carbocycles. The number of carbonyl (C=O) groups is 1. The summed E-state index contributed by atoms with van der Waals surface area (Å²) < 4.78 is 0. The lowest BCUT2D eigenvalue weighted by atomic mass is 10.1. The summed E-state index contributed by atoms with van der Waals surface area (Å²) in [6.07, 6.45) is 1.16. The molecule has 5 heteroatoms. The molecule has 0 spiro atoms. The van der Waals surface area contributed by atoms with E-state index in [-0.39, 0.29) is 0 Å². The van der Waals surface area contributed by atoms with E-state index in [1.54, 1.807) is 4.90 Å². The Bertz CT molecular complexity index is 442. The first kappa shape index (κ1) is 13.8. The number of pyridine rings is 1. The zero-order valence-corrected chi connectivity index (χ0v) is 11.5. The fourth-order valence-electron chi connectivity index (χ4n) is 2.36. The van der Waals surface area contributed by atoms with Crippen molar-refractivity contribution in [1.29, 1.82) is 0 Å². The SMILES string of the molecule is CCC(O)c1ccc(N2CCN(C=O)CC2)nc1C. The van der Waals surface area contributed by atoms with Crippen LogP contribution in [0.15, 0.2) is 12.1 Å². The average molecular weight is 263 g/mol. The van der Waals surface area contributed by atoms with Gasteiger partial charge >= 0.3 is 0 Å². The normalized spacial score (nSPS) is 17.4. The van der Waals surface area contributed by atoms with Gasteiger partial charge in [0.25, 0.3) is 0 Å². The first-order valence-electron chi connectivity index (χ1n) is 6.75. The van der Waals surface area contributed by atoms with Gasteiger partial charge in [0.1, 0.15) is 5.82 Å². The molecule has 19 heavy (non-hydrogen) atoms. The van der Waals surface area contributed by atoms with Crippen molar-refractivity contribution < 1.29 is 9.90 Å². The zero-order valence-electron chi connectivity index (χ0n) is 11.5. The Kier molecular flexibility index (Phi) is 4.37. The van der Waals surface area contributed by atoms with Crippen molar-refractivity contribution in [2.75, 3.05) is 31.1 Å². The summed E-state index contributed by atoms with van der Waals surface area (Å²) in [4.78, 5) is 19.2. The number of aromatic nitrogens is 1. The van der Waals surface area contributed by atoms with Gasteiger partial charge in [-0.3, -0.25) is 4.79 Å². The van der Waals surface area contributed by atoms with Gasteiger partial charge in [-0.05, 0) is 19.4 Å². The molecule has 1 aliphatic heterocycles. The van der Waals surface area contributed by atoms with Crippen LogP contribution in [0.25, 0.3) is 0 Å². The van der Waals surface area contributed by atoms with Crippen LogP contribution in [0.2, 0.25) is 0 Å². The maximum absolute atomic E-state index is 10.7. The number of aliphatic hydroxyl groups excluding tert-OH is 1. The number of aliphatic hydroxyl groups is 1. The lowest BCUT2D eigenvalue weighted by molar-refractivity contribution is -0.118. The largest absolute Gasteiger partial charge is 0.388 e. The summed E-state index contributed by atoms with van der Waals surface area (Å²) in [7, 11) is 0. The number of piperazine rings is 1. The lowest BCUT2D eigenvalue weighted by Crippen LogP contribution is -2.46. The molecule has 1 amide bonds. The van der Waals surface area contributed by atoms with Gasteiger partial charge in [-0.15, -0.1) is 0 Å². The highest BCUT2D eigenvalue weighted by atomic mass is 16.3. The Morgan fingerprint density at radius 1 is 1.37 bits per heavy atom. The number of hydrogen-bond acceptors (Lipinski definition) is 4. The van der Waals surface area contributed by atoms with E-state index in [2.05, 4.69) is 9.88 Å². The second kappa shape index (κ2) is 6.02. The standard InChI is InChI=1S/C14H21N3O2/c1-3-13(19)12-4-5-14(15-11(12)2)17-8-6-16(10-18)7-9-17/h4-5,10,13,19H,3,6-9H2,1-2H3. The van der Waals surface area contributed by atoms with E-state index in [1.807, 2.05) is 26.0 Å². The molecule has 1 aromatic rings. The van der Waals surface area contributed by atoms with Crippen molar-refractivity contribution in [3.05, 3.63) is 23.4 Å². The Hall–Kier alpha value is -1.62. The molecule has 0 bridgehead atoms. The molecule has 1 N–H and O–H groups in total. The van der Waals surface area contributed by atoms with E-state index in [0.717, 1.165) is 49.7 Å². The topological polar surface area (TPSA) is 56.7 Å². The van der Waals surface area contributed by atoms with Crippen molar-refractivity contribution >= 4 is 12.2 Å². The molecule has 104 valence electrons. The minimum absolute atomic E-state index is 0.437. The quantitative estimate of drug-likeness (QED) is 0.827. The number of hydrogen-bond donors (Lipinski definition) is 1. The van der Waals surface area contributed by atoms with E-state index >= 15 is 0 Å². The third-order valence-electron chi connectivity index (χ3n) is 3.65. The zero-order chi connectivity index (χ0) is 13.8. The number of nitrogens with zero attached hydrogens (tertiary/aromatic N) is 3. The summed E-state index contributed by atoms with van der Waals surface area (Å²) in [5, 5.41) is 9.88. The second-order valence-corrected chi connectivity index (χ2v) is 4.90. The number of carbonyl (C=O) groups excluding carboxylic acids is 1. The summed E-state index contributed by atoms with van der Waals surface area (Å²) in [5.74, 6) is 0.926. The highest BCUT2D eigenvalue weighted by Gasteiger charge is 2.18. The molecule has 1 aliphatic rings. The van der Waals surface area contributed by atoms with Crippen LogP contribution in [-0.4, -0.2) is 47.6 Å². The smallest absolute Gasteiger partial charge is 0.209 e. The minimum Gasteiger partial charge on any atom is -0.388 e. The number of aryl methyl sites for hydroxylation is 1. The third-order valence-corrected chi connectivity index (χ3v) is 3.65. The first-order chi connectivity index (χ1) is 9.15. The van der Waals surface area contributed by atoms with Crippen LogP contribution in [0, 0.1) is 6.92 Å². The van der Waals surface area contributed by atoms with Crippen molar-refractivity contribution in [1.82, 2.24) is 9.88 Å². The number of amides is 1. The van der Waals surface area contributed by atoms with Crippen LogP contribution in [0.1, 0.15) is 30.7 Å². The summed E-state index contributed by atoms with van der Waals surface area (Å²) in [6.45, 7) is 6.98. The van der Waals surface area contributed by atoms with E-state index in [0.29, 0.717) is 6.42 Å². The summed E-state index contributed by atoms with van der Waals surface area (Å²) >= 11 is 0. The Labute approximate surface area is 113 Å². The van der Waals surface area contributed by atoms with Crippen LogP contribution in [0.3, 0.4) is 0 Å². The molecule has 2 rings (SSSR count). The van der Waals surface area contributed by atoms with Gasteiger partial charge in [-0.2, -0.15) is 0 Å². The fourth-order valence-corrected chi connectivity index (χ4v) is 2.36. The van der Waals surface area contributed by atoms with Crippen molar-refractivity contribution in [3.63, 3.8) is 0 Å². The maximum atomic E-state index is 10.7. The fraction of sp³-hybridized carbons (Fsp3) is 0.571. The molecule has 1 saturated heterocycles. The summed E-state index contributed by atoms with van der Waals surface area (Å²) in [6, 6.07) is 3.91. The molecule has 1 unspecified atom stereocenters. The van der Waals surface area contributed by atoms with Gasteiger partial charge in [0.15, 0.2) is 0 Å². The molecule has 5 nitrogen and oxygen atoms in total.